The van der Waals surface area contributed by atoms with Crippen molar-refractivity contribution in [3.05, 3.63) is 29.5 Å². The molecule has 0 fully saturated rings. The number of aromatic hydroxyl groups is 2. The highest BCUT2D eigenvalue weighted by Crippen LogP contribution is 2.37. The molecule has 0 saturated heterocycles. The van der Waals surface area contributed by atoms with Gasteiger partial charge in [0.1, 0.15) is 11.5 Å². The summed E-state index contributed by atoms with van der Waals surface area (Å²) in [6.45, 7) is 0. The Kier molecular flexibility index (Phi) is 1.74. The number of phenolic OH excluding ortho intramolecular Hbond substituents is 2. The van der Waals surface area contributed by atoms with Crippen molar-refractivity contribution in [2.45, 2.75) is 0 Å². The van der Waals surface area contributed by atoms with Crippen molar-refractivity contribution in [3.63, 3.8) is 0 Å². The van der Waals surface area contributed by atoms with Gasteiger partial charge in [-0.15, -0.1) is 0 Å². The number of hydrogen-bond donors (Lipinski definition) is 2. The van der Waals surface area contributed by atoms with Gasteiger partial charge in [0.25, 0.3) is 0 Å². The third-order valence-corrected chi connectivity index (χ3v) is 2.13. The number of aromatic nitrogens is 1. The van der Waals surface area contributed by atoms with Gasteiger partial charge in [0.15, 0.2) is 0 Å². The van der Waals surface area contributed by atoms with E-state index in [1.54, 1.807) is 6.07 Å². The average molecular weight is 196 g/mol. The average Bonchev–Trinajstić information content (AvgIpc) is 2.15. The van der Waals surface area contributed by atoms with Crippen molar-refractivity contribution in [2.24, 2.45) is 0 Å². The molecule has 0 radical (unpaired) electrons. The molecule has 0 aliphatic rings. The molecular weight excluding hydrogens is 190 g/mol. The molecule has 0 saturated carbocycles. The Labute approximate surface area is 79.2 Å². The number of rotatable bonds is 0. The topological polar surface area (TPSA) is 53.4 Å². The molecule has 2 rings (SSSR count). The maximum Gasteiger partial charge on any atom is 0.142 e. The van der Waals surface area contributed by atoms with E-state index in [9.17, 15) is 10.2 Å². The second-order valence-corrected chi connectivity index (χ2v) is 3.05. The molecular formula is C9H6ClNO2. The maximum atomic E-state index is 9.51. The molecule has 1 aromatic heterocycles. The maximum absolute atomic E-state index is 9.51. The van der Waals surface area contributed by atoms with Crippen LogP contribution >= 0.6 is 11.6 Å². The van der Waals surface area contributed by atoms with Gasteiger partial charge in [-0.3, -0.25) is 4.98 Å². The zero-order valence-corrected chi connectivity index (χ0v) is 7.28. The van der Waals surface area contributed by atoms with Crippen LogP contribution in [0.3, 0.4) is 0 Å². The predicted molar refractivity (Wildman–Crippen MR) is 50.1 cm³/mol. The van der Waals surface area contributed by atoms with E-state index < -0.39 is 0 Å². The lowest BCUT2D eigenvalue weighted by atomic mass is 10.1. The van der Waals surface area contributed by atoms with Gasteiger partial charge in [-0.05, 0) is 6.07 Å². The van der Waals surface area contributed by atoms with Crippen molar-refractivity contribution in [2.75, 3.05) is 0 Å². The monoisotopic (exact) mass is 195 g/mol. The lowest BCUT2D eigenvalue weighted by Crippen LogP contribution is -1.78. The van der Waals surface area contributed by atoms with E-state index in [2.05, 4.69) is 4.98 Å². The van der Waals surface area contributed by atoms with Crippen molar-refractivity contribution in [1.82, 2.24) is 4.98 Å². The Hall–Kier alpha value is -1.48. The molecule has 3 nitrogen and oxygen atoms in total. The van der Waals surface area contributed by atoms with Crippen LogP contribution in [-0.2, 0) is 0 Å². The molecule has 0 amide bonds. The van der Waals surface area contributed by atoms with Crippen LogP contribution in [0.1, 0.15) is 0 Å². The van der Waals surface area contributed by atoms with Gasteiger partial charge in [0.05, 0.1) is 5.02 Å². The van der Waals surface area contributed by atoms with Gasteiger partial charge < -0.3 is 10.2 Å². The Bertz CT molecular complexity index is 470. The standard InChI is InChI=1S/C9H6ClNO2/c10-7-3-8(12)6-4-11-2-1-5(6)9(7)13/h1-4,12-13H. The van der Waals surface area contributed by atoms with Crippen LogP contribution in [0, 0.1) is 0 Å². The van der Waals surface area contributed by atoms with E-state index in [0.29, 0.717) is 10.8 Å². The summed E-state index contributed by atoms with van der Waals surface area (Å²) in [5, 5.41) is 20.1. The Balaban J connectivity index is 2.97. The number of phenols is 2. The number of halogens is 1. The molecule has 0 aliphatic carbocycles. The smallest absolute Gasteiger partial charge is 0.142 e. The first-order valence-corrected chi connectivity index (χ1v) is 4.02. The zero-order chi connectivity index (χ0) is 9.42. The second-order valence-electron chi connectivity index (χ2n) is 2.65. The van der Waals surface area contributed by atoms with Crippen LogP contribution in [0.25, 0.3) is 10.8 Å². The van der Waals surface area contributed by atoms with E-state index >= 15 is 0 Å². The summed E-state index contributed by atoms with van der Waals surface area (Å²) in [5.41, 5.74) is 0. The Morgan fingerprint density at radius 3 is 2.77 bits per heavy atom. The number of benzene rings is 1. The molecule has 0 spiro atoms. The molecule has 0 bridgehead atoms. The normalized spacial score (nSPS) is 10.5. The summed E-state index contributed by atoms with van der Waals surface area (Å²) in [4.78, 5) is 3.83. The third kappa shape index (κ3) is 1.17. The first kappa shape index (κ1) is 8.13. The minimum absolute atomic E-state index is 0.0194. The number of fused-ring (bicyclic) bond motifs is 1. The summed E-state index contributed by atoms with van der Waals surface area (Å²) in [5.74, 6) is -0.0113. The van der Waals surface area contributed by atoms with Crippen molar-refractivity contribution < 1.29 is 10.2 Å². The van der Waals surface area contributed by atoms with Crippen LogP contribution in [0.4, 0.5) is 0 Å². The Morgan fingerprint density at radius 1 is 1.23 bits per heavy atom. The fourth-order valence-corrected chi connectivity index (χ4v) is 1.41. The molecule has 0 atom stereocenters. The predicted octanol–water partition coefficient (Wildman–Crippen LogP) is 2.30. The molecule has 1 heterocycles. The van der Waals surface area contributed by atoms with Crippen LogP contribution in [0.5, 0.6) is 11.5 Å². The van der Waals surface area contributed by atoms with E-state index in [0.717, 1.165) is 0 Å². The van der Waals surface area contributed by atoms with E-state index in [1.807, 2.05) is 0 Å². The number of pyridine rings is 1. The molecule has 1 aromatic carbocycles. The van der Waals surface area contributed by atoms with Crippen molar-refractivity contribution >= 4 is 22.4 Å². The van der Waals surface area contributed by atoms with Gasteiger partial charge >= 0.3 is 0 Å². The molecule has 2 aromatic rings. The fraction of sp³-hybridized carbons (Fsp3) is 0. The summed E-state index contributed by atoms with van der Waals surface area (Å²) < 4.78 is 0. The van der Waals surface area contributed by atoms with Crippen molar-refractivity contribution in [1.29, 1.82) is 0 Å². The molecule has 66 valence electrons. The third-order valence-electron chi connectivity index (χ3n) is 1.84. The van der Waals surface area contributed by atoms with Crippen LogP contribution in [0.15, 0.2) is 24.5 Å². The second kappa shape index (κ2) is 2.78. The van der Waals surface area contributed by atoms with Gasteiger partial charge in [0.2, 0.25) is 0 Å². The first-order valence-electron chi connectivity index (χ1n) is 3.64. The highest BCUT2D eigenvalue weighted by atomic mass is 35.5. The number of nitrogens with zero attached hydrogens (tertiary/aromatic N) is 1. The fourth-order valence-electron chi connectivity index (χ4n) is 1.20. The number of hydrogen-bond acceptors (Lipinski definition) is 3. The minimum Gasteiger partial charge on any atom is -0.507 e. The zero-order valence-electron chi connectivity index (χ0n) is 6.53. The quantitative estimate of drug-likeness (QED) is 0.635. The summed E-state index contributed by atoms with van der Waals surface area (Å²) in [6.07, 6.45) is 3.00. The summed E-state index contributed by atoms with van der Waals surface area (Å²) >= 11 is 5.66. The van der Waals surface area contributed by atoms with Crippen LogP contribution < -0.4 is 0 Å². The van der Waals surface area contributed by atoms with Crippen LogP contribution in [-0.4, -0.2) is 15.2 Å². The molecule has 13 heavy (non-hydrogen) atoms. The van der Waals surface area contributed by atoms with Gasteiger partial charge in [-0.25, -0.2) is 0 Å². The van der Waals surface area contributed by atoms with Crippen molar-refractivity contribution in [3.8, 4) is 11.5 Å². The van der Waals surface area contributed by atoms with E-state index in [-0.39, 0.29) is 16.5 Å². The highest BCUT2D eigenvalue weighted by Gasteiger charge is 2.08. The molecule has 0 aliphatic heterocycles. The minimum atomic E-state index is -0.0307. The van der Waals surface area contributed by atoms with Gasteiger partial charge in [-0.2, -0.15) is 0 Å². The summed E-state index contributed by atoms with van der Waals surface area (Å²) in [7, 11) is 0. The first-order chi connectivity index (χ1) is 6.20. The lowest BCUT2D eigenvalue weighted by Gasteiger charge is -2.03. The largest absolute Gasteiger partial charge is 0.507 e. The lowest BCUT2D eigenvalue weighted by molar-refractivity contribution is 0.469. The van der Waals surface area contributed by atoms with Crippen LogP contribution in [0.2, 0.25) is 5.02 Å². The molecule has 4 heteroatoms. The Morgan fingerprint density at radius 2 is 2.00 bits per heavy atom. The van der Waals surface area contributed by atoms with Gasteiger partial charge in [-0.1, -0.05) is 11.6 Å². The van der Waals surface area contributed by atoms with Gasteiger partial charge in [0, 0.05) is 29.2 Å². The molecule has 2 N–H and O–H groups in total. The SMILES string of the molecule is Oc1cc(Cl)c(O)c2ccncc12. The van der Waals surface area contributed by atoms with E-state index in [1.165, 1.54) is 18.5 Å². The highest BCUT2D eigenvalue weighted by molar-refractivity contribution is 6.33. The van der Waals surface area contributed by atoms with E-state index in [4.69, 9.17) is 11.6 Å². The summed E-state index contributed by atoms with van der Waals surface area (Å²) in [6, 6.07) is 2.89. The molecule has 0 unspecified atom stereocenters.